The summed E-state index contributed by atoms with van der Waals surface area (Å²) in [4.78, 5) is 2.27. The van der Waals surface area contributed by atoms with E-state index in [9.17, 15) is 30.6 Å². The molecule has 3 fully saturated rings. The Kier molecular flexibility index (Phi) is 12.2. The summed E-state index contributed by atoms with van der Waals surface area (Å²) < 4.78 is 11.3. The van der Waals surface area contributed by atoms with Gasteiger partial charge in [-0.1, -0.05) is 74.3 Å². The molecule has 0 radical (unpaired) electrons. The number of allylic oxidation sites excluding steroid dienone is 12. The Morgan fingerprint density at radius 3 is 1.83 bits per heavy atom. The second kappa shape index (κ2) is 15.7. The third-order valence-corrected chi connectivity index (χ3v) is 9.54. The Labute approximate surface area is 277 Å². The molecule has 9 atom stereocenters. The number of hydrogen-bond acceptors (Lipinski definition) is 9. The van der Waals surface area contributed by atoms with E-state index in [0.717, 1.165) is 48.2 Å². The first kappa shape index (κ1) is 36.5. The molecule has 0 aromatic heterocycles. The quantitative estimate of drug-likeness (QED) is 0.180. The number of ether oxygens (including phenoxy) is 2. The summed E-state index contributed by atoms with van der Waals surface area (Å²) in [6, 6.07) is 0. The number of nitrogens with zero attached hydrogens (tertiary/aromatic N) is 1. The first-order valence-electron chi connectivity index (χ1n) is 15.9. The van der Waals surface area contributed by atoms with Crippen molar-refractivity contribution in [1.29, 1.82) is 0 Å². The first-order valence-corrected chi connectivity index (χ1v) is 15.9. The molecular formula is C38H47NO8. The van der Waals surface area contributed by atoms with Gasteiger partial charge in [0.15, 0.2) is 0 Å². The Balaban J connectivity index is 1.77. The van der Waals surface area contributed by atoms with Gasteiger partial charge in [-0.3, -0.25) is 0 Å². The molecule has 9 nitrogen and oxygen atoms in total. The SMILES string of the molecule is C=CC(C#CC1OC(C)C(O)CC1O)=CC1=C(C=C)C(C=C)=C(C=C(C#CC2OC(CO)C(O)C(O)C2O)C=C)C12CCN(C)CC2. The van der Waals surface area contributed by atoms with Crippen molar-refractivity contribution in [2.24, 2.45) is 5.41 Å². The van der Waals surface area contributed by atoms with Crippen LogP contribution in [-0.2, 0) is 9.47 Å². The van der Waals surface area contributed by atoms with Crippen LogP contribution in [0.3, 0.4) is 0 Å². The molecule has 0 saturated carbocycles. The van der Waals surface area contributed by atoms with E-state index in [2.05, 4.69) is 61.9 Å². The van der Waals surface area contributed by atoms with Gasteiger partial charge in [0, 0.05) is 23.0 Å². The normalized spacial score (nSPS) is 34.7. The van der Waals surface area contributed by atoms with Crippen molar-refractivity contribution < 1.29 is 40.1 Å². The summed E-state index contributed by atoms with van der Waals surface area (Å²) in [5.41, 5.74) is 4.46. The third kappa shape index (κ3) is 7.56. The number of likely N-dealkylation sites (tertiary alicyclic amines) is 1. The van der Waals surface area contributed by atoms with Crippen molar-refractivity contribution in [3.63, 3.8) is 0 Å². The van der Waals surface area contributed by atoms with E-state index in [1.54, 1.807) is 25.2 Å². The fraction of sp³-hybridized carbons (Fsp3) is 0.474. The molecule has 3 aliphatic heterocycles. The number of rotatable bonds is 7. The van der Waals surface area contributed by atoms with Crippen molar-refractivity contribution in [3.05, 3.63) is 96.2 Å². The van der Waals surface area contributed by atoms with Crippen LogP contribution < -0.4 is 0 Å². The van der Waals surface area contributed by atoms with E-state index in [0.29, 0.717) is 11.1 Å². The Morgan fingerprint density at radius 2 is 1.34 bits per heavy atom. The second-order valence-electron chi connectivity index (χ2n) is 12.5. The van der Waals surface area contributed by atoms with E-state index in [1.807, 2.05) is 18.2 Å². The van der Waals surface area contributed by atoms with E-state index in [-0.39, 0.29) is 6.42 Å². The zero-order valence-electron chi connectivity index (χ0n) is 27.2. The molecule has 1 aliphatic carbocycles. The minimum atomic E-state index is -1.53. The van der Waals surface area contributed by atoms with Gasteiger partial charge in [0.1, 0.15) is 36.6 Å². The van der Waals surface area contributed by atoms with Gasteiger partial charge >= 0.3 is 0 Å². The number of aliphatic hydroxyl groups is 6. The molecule has 6 N–H and O–H groups in total. The lowest BCUT2D eigenvalue weighted by Crippen LogP contribution is -2.58. The van der Waals surface area contributed by atoms with Gasteiger partial charge in [-0.25, -0.2) is 0 Å². The molecule has 0 aromatic carbocycles. The van der Waals surface area contributed by atoms with Crippen molar-refractivity contribution in [2.75, 3.05) is 26.7 Å². The fourth-order valence-corrected chi connectivity index (χ4v) is 6.60. The number of hydrogen-bond donors (Lipinski definition) is 6. The van der Waals surface area contributed by atoms with Gasteiger partial charge in [-0.2, -0.15) is 0 Å². The zero-order valence-corrected chi connectivity index (χ0v) is 27.2. The topological polar surface area (TPSA) is 143 Å². The van der Waals surface area contributed by atoms with Crippen LogP contribution in [0.15, 0.2) is 96.2 Å². The van der Waals surface area contributed by atoms with Crippen LogP contribution in [0.4, 0.5) is 0 Å². The predicted molar refractivity (Wildman–Crippen MR) is 180 cm³/mol. The standard InChI is InChI=1S/C38H47NO8/c1-7-24(11-13-32-31(42)21-30(41)23(5)46-32)19-28-26(9-3)27(10-4)29(38(28)15-17-39(6)18-16-38)20-25(8-2)12-14-33-35(43)37(45)36(44)34(22-40)47-33/h7-10,19-20,23,30-37,40-45H,1-4,15-18,21-22H2,5-6H3. The zero-order chi connectivity index (χ0) is 34.5. The summed E-state index contributed by atoms with van der Waals surface area (Å²) in [6.45, 7) is 19.1. The maximum absolute atomic E-state index is 10.5. The molecule has 1 spiro atoms. The van der Waals surface area contributed by atoms with Crippen molar-refractivity contribution in [3.8, 4) is 23.7 Å². The lowest BCUT2D eigenvalue weighted by atomic mass is 9.68. The first-order chi connectivity index (χ1) is 22.4. The number of aliphatic hydroxyl groups excluding tert-OH is 6. The fourth-order valence-electron chi connectivity index (χ4n) is 6.60. The highest BCUT2D eigenvalue weighted by Gasteiger charge is 2.46. The van der Waals surface area contributed by atoms with Crippen LogP contribution in [0, 0.1) is 29.1 Å². The van der Waals surface area contributed by atoms with E-state index in [4.69, 9.17) is 9.47 Å². The molecule has 0 aromatic rings. The maximum atomic E-state index is 10.5. The van der Waals surface area contributed by atoms with Crippen LogP contribution >= 0.6 is 0 Å². The molecule has 9 unspecified atom stereocenters. The molecule has 0 bridgehead atoms. The molecule has 3 saturated heterocycles. The third-order valence-electron chi connectivity index (χ3n) is 9.54. The summed E-state index contributed by atoms with van der Waals surface area (Å²) in [6.07, 6.45) is 3.04. The van der Waals surface area contributed by atoms with Crippen LogP contribution in [0.25, 0.3) is 0 Å². The van der Waals surface area contributed by atoms with Crippen LogP contribution in [0.1, 0.15) is 26.2 Å². The second-order valence-corrected chi connectivity index (χ2v) is 12.5. The van der Waals surface area contributed by atoms with Gasteiger partial charge in [0.2, 0.25) is 0 Å². The van der Waals surface area contributed by atoms with E-state index < -0.39 is 67.0 Å². The van der Waals surface area contributed by atoms with Crippen molar-refractivity contribution in [1.82, 2.24) is 4.90 Å². The summed E-state index contributed by atoms with van der Waals surface area (Å²) in [5.74, 6) is 12.0. The maximum Gasteiger partial charge on any atom is 0.147 e. The summed E-state index contributed by atoms with van der Waals surface area (Å²) in [5, 5.41) is 60.9. The average molecular weight is 646 g/mol. The minimum Gasteiger partial charge on any atom is -0.394 e. The van der Waals surface area contributed by atoms with Gasteiger partial charge < -0.3 is 45.0 Å². The Bertz CT molecular complexity index is 1490. The molecule has 9 heteroatoms. The molecule has 47 heavy (non-hydrogen) atoms. The molecule has 4 rings (SSSR count). The van der Waals surface area contributed by atoms with Gasteiger partial charge in [-0.15, -0.1) is 0 Å². The molecular weight excluding hydrogens is 598 g/mol. The molecule has 3 heterocycles. The van der Waals surface area contributed by atoms with Gasteiger partial charge in [0.05, 0.1) is 24.9 Å². The highest BCUT2D eigenvalue weighted by atomic mass is 16.5. The smallest absolute Gasteiger partial charge is 0.147 e. The minimum absolute atomic E-state index is 0.184. The Hall–Kier alpha value is -3.32. The van der Waals surface area contributed by atoms with Crippen molar-refractivity contribution >= 4 is 0 Å². The van der Waals surface area contributed by atoms with Gasteiger partial charge in [-0.05, 0) is 74.3 Å². The monoisotopic (exact) mass is 645 g/mol. The lowest BCUT2D eigenvalue weighted by Gasteiger charge is -2.41. The van der Waals surface area contributed by atoms with Gasteiger partial charge in [0.25, 0.3) is 0 Å². The van der Waals surface area contributed by atoms with Crippen molar-refractivity contribution in [2.45, 2.75) is 81.1 Å². The summed E-state index contributed by atoms with van der Waals surface area (Å²) in [7, 11) is 2.08. The largest absolute Gasteiger partial charge is 0.394 e. The van der Waals surface area contributed by atoms with Crippen LogP contribution in [-0.4, -0.2) is 117 Å². The molecule has 252 valence electrons. The Morgan fingerprint density at radius 1 is 0.809 bits per heavy atom. The van der Waals surface area contributed by atoms with Crippen LogP contribution in [0.2, 0.25) is 0 Å². The highest BCUT2D eigenvalue weighted by molar-refractivity contribution is 5.69. The van der Waals surface area contributed by atoms with E-state index >= 15 is 0 Å². The molecule has 4 aliphatic rings. The van der Waals surface area contributed by atoms with E-state index in [1.165, 1.54) is 0 Å². The predicted octanol–water partition coefficient (Wildman–Crippen LogP) is 1.65. The molecule has 0 amide bonds. The van der Waals surface area contributed by atoms with Crippen LogP contribution in [0.5, 0.6) is 0 Å². The highest BCUT2D eigenvalue weighted by Crippen LogP contribution is 2.55. The lowest BCUT2D eigenvalue weighted by molar-refractivity contribution is -0.214. The average Bonchev–Trinajstić information content (AvgIpc) is 3.30. The number of piperidine rings is 1. The summed E-state index contributed by atoms with van der Waals surface area (Å²) >= 11 is 0.